The highest BCUT2D eigenvalue weighted by Gasteiger charge is 2.19. The standard InChI is InChI=1S/C25H33Cl2N5O2/c1-24(2,3)12-22(33)28-13-15-7-8-16(26)18(9-15)29-23-30-19-10-17(27)21(11-20(19)31-23)32(6)14-25(4,5)34/h7-11,34H,12-14H2,1-6H3,(H,28,33)(H2,29,30,31). The minimum atomic E-state index is -0.862. The molecule has 0 fully saturated rings. The molecule has 3 aromatic rings. The molecule has 2 aromatic carbocycles. The van der Waals surface area contributed by atoms with Gasteiger partial charge in [0.05, 0.1) is 38.1 Å². The van der Waals surface area contributed by atoms with Crippen LogP contribution in [0.5, 0.6) is 0 Å². The number of imidazole rings is 1. The summed E-state index contributed by atoms with van der Waals surface area (Å²) in [7, 11) is 1.88. The van der Waals surface area contributed by atoms with Gasteiger partial charge in [-0.05, 0) is 49.1 Å². The van der Waals surface area contributed by atoms with E-state index in [1.54, 1.807) is 19.9 Å². The minimum Gasteiger partial charge on any atom is -0.389 e. The third kappa shape index (κ3) is 7.26. The Balaban J connectivity index is 1.77. The number of carbonyl (C=O) groups is 1. The first-order valence-corrected chi connectivity index (χ1v) is 11.9. The third-order valence-corrected chi connectivity index (χ3v) is 5.68. The lowest BCUT2D eigenvalue weighted by molar-refractivity contribution is -0.122. The molecule has 0 aliphatic heterocycles. The number of anilines is 3. The summed E-state index contributed by atoms with van der Waals surface area (Å²) in [6, 6.07) is 9.26. The van der Waals surface area contributed by atoms with Gasteiger partial charge in [-0.1, -0.05) is 50.0 Å². The van der Waals surface area contributed by atoms with Gasteiger partial charge >= 0.3 is 0 Å². The molecule has 1 aromatic heterocycles. The molecular formula is C25H33Cl2N5O2. The Hall–Kier alpha value is -2.48. The largest absolute Gasteiger partial charge is 0.389 e. The maximum atomic E-state index is 12.2. The highest BCUT2D eigenvalue weighted by molar-refractivity contribution is 6.34. The zero-order valence-electron chi connectivity index (χ0n) is 20.5. The van der Waals surface area contributed by atoms with Gasteiger partial charge in [-0.25, -0.2) is 4.98 Å². The predicted octanol–water partition coefficient (Wildman–Crippen LogP) is 5.87. The maximum absolute atomic E-state index is 12.2. The van der Waals surface area contributed by atoms with Crippen molar-refractivity contribution in [1.82, 2.24) is 15.3 Å². The van der Waals surface area contributed by atoms with Crippen LogP contribution in [0.25, 0.3) is 11.0 Å². The van der Waals surface area contributed by atoms with Crippen molar-refractivity contribution >= 4 is 57.5 Å². The van der Waals surface area contributed by atoms with Crippen molar-refractivity contribution in [2.45, 2.75) is 53.2 Å². The van der Waals surface area contributed by atoms with Gasteiger partial charge in [0.2, 0.25) is 11.9 Å². The Bertz CT molecular complexity index is 1180. The van der Waals surface area contributed by atoms with E-state index < -0.39 is 5.60 Å². The number of nitrogens with one attached hydrogen (secondary N) is 3. The number of benzene rings is 2. The molecule has 9 heteroatoms. The van der Waals surface area contributed by atoms with E-state index in [1.807, 2.05) is 57.0 Å². The van der Waals surface area contributed by atoms with Crippen molar-refractivity contribution in [2.75, 3.05) is 23.8 Å². The fourth-order valence-electron chi connectivity index (χ4n) is 3.69. The van der Waals surface area contributed by atoms with Crippen molar-refractivity contribution in [3.05, 3.63) is 45.9 Å². The van der Waals surface area contributed by atoms with Crippen LogP contribution in [0.4, 0.5) is 17.3 Å². The molecule has 0 aliphatic carbocycles. The van der Waals surface area contributed by atoms with Crippen molar-refractivity contribution in [3.63, 3.8) is 0 Å². The Labute approximate surface area is 210 Å². The summed E-state index contributed by atoms with van der Waals surface area (Å²) in [6.07, 6.45) is 0.459. The summed E-state index contributed by atoms with van der Waals surface area (Å²) in [4.78, 5) is 21.9. The fraction of sp³-hybridized carbons (Fsp3) is 0.440. The number of carbonyl (C=O) groups excluding carboxylic acids is 1. The fourth-order valence-corrected chi connectivity index (χ4v) is 4.16. The first-order chi connectivity index (χ1) is 15.7. The van der Waals surface area contributed by atoms with Gasteiger partial charge in [0.1, 0.15) is 0 Å². The van der Waals surface area contributed by atoms with Crippen LogP contribution in [0, 0.1) is 5.41 Å². The van der Waals surface area contributed by atoms with Crippen molar-refractivity contribution < 1.29 is 9.90 Å². The monoisotopic (exact) mass is 505 g/mol. The van der Waals surface area contributed by atoms with Gasteiger partial charge in [0, 0.05) is 26.6 Å². The van der Waals surface area contributed by atoms with E-state index in [1.165, 1.54) is 0 Å². The molecule has 0 radical (unpaired) electrons. The smallest absolute Gasteiger partial charge is 0.220 e. The molecule has 1 amide bonds. The number of rotatable bonds is 8. The highest BCUT2D eigenvalue weighted by atomic mass is 35.5. The van der Waals surface area contributed by atoms with Gasteiger partial charge in [0.25, 0.3) is 0 Å². The van der Waals surface area contributed by atoms with Crippen LogP contribution in [-0.2, 0) is 11.3 Å². The zero-order valence-corrected chi connectivity index (χ0v) is 22.0. The third-order valence-electron chi connectivity index (χ3n) is 5.05. The number of hydrogen-bond acceptors (Lipinski definition) is 5. The highest BCUT2D eigenvalue weighted by Crippen LogP contribution is 2.32. The first-order valence-electron chi connectivity index (χ1n) is 11.2. The molecule has 0 atom stereocenters. The molecule has 1 heterocycles. The average Bonchev–Trinajstić information content (AvgIpc) is 3.06. The number of aromatic nitrogens is 2. The number of hydrogen-bond donors (Lipinski definition) is 4. The summed E-state index contributed by atoms with van der Waals surface area (Å²) in [5, 5.41) is 17.4. The molecule has 0 spiro atoms. The van der Waals surface area contributed by atoms with Gasteiger partial charge < -0.3 is 25.6 Å². The van der Waals surface area contributed by atoms with Gasteiger partial charge in [-0.2, -0.15) is 0 Å². The van der Waals surface area contributed by atoms with Crippen LogP contribution in [0.1, 0.15) is 46.6 Å². The zero-order chi connectivity index (χ0) is 25.3. The summed E-state index contributed by atoms with van der Waals surface area (Å²) in [5.74, 6) is 0.528. The van der Waals surface area contributed by atoms with E-state index in [-0.39, 0.29) is 11.3 Å². The van der Waals surface area contributed by atoms with Crippen molar-refractivity contribution in [1.29, 1.82) is 0 Å². The van der Waals surface area contributed by atoms with Crippen LogP contribution < -0.4 is 15.5 Å². The van der Waals surface area contributed by atoms with Crippen LogP contribution in [0.15, 0.2) is 30.3 Å². The molecule has 184 valence electrons. The molecular weight excluding hydrogens is 473 g/mol. The van der Waals surface area contributed by atoms with E-state index in [2.05, 4.69) is 20.6 Å². The number of aliphatic hydroxyl groups is 1. The number of H-pyrrole nitrogens is 1. The van der Waals surface area contributed by atoms with Gasteiger partial charge in [0.15, 0.2) is 0 Å². The van der Waals surface area contributed by atoms with E-state index in [4.69, 9.17) is 23.2 Å². The topological polar surface area (TPSA) is 93.3 Å². The summed E-state index contributed by atoms with van der Waals surface area (Å²) in [6.45, 7) is 10.4. The maximum Gasteiger partial charge on any atom is 0.220 e. The normalized spacial score (nSPS) is 12.1. The van der Waals surface area contributed by atoms with Crippen LogP contribution >= 0.6 is 23.2 Å². The Morgan fingerprint density at radius 2 is 1.82 bits per heavy atom. The number of fused-ring (bicyclic) bond motifs is 1. The molecule has 3 rings (SSSR count). The SMILES string of the molecule is CN(CC(C)(C)O)c1cc2nc(Nc3cc(CNC(=O)CC(C)(C)C)ccc3Cl)[nH]c2cc1Cl. The minimum absolute atomic E-state index is 0.0106. The quantitative estimate of drug-likeness (QED) is 0.307. The molecule has 0 aliphatic rings. The van der Waals surface area contributed by atoms with E-state index in [0.717, 1.165) is 22.3 Å². The molecule has 4 N–H and O–H groups in total. The Morgan fingerprint density at radius 3 is 2.47 bits per heavy atom. The molecule has 0 saturated heterocycles. The molecule has 34 heavy (non-hydrogen) atoms. The van der Waals surface area contributed by atoms with Crippen LogP contribution in [0.2, 0.25) is 10.0 Å². The number of halogens is 2. The van der Waals surface area contributed by atoms with Crippen molar-refractivity contribution in [3.8, 4) is 0 Å². The first kappa shape index (κ1) is 26.1. The van der Waals surface area contributed by atoms with E-state index in [9.17, 15) is 9.90 Å². The number of amides is 1. The molecule has 0 bridgehead atoms. The molecule has 0 saturated carbocycles. The Morgan fingerprint density at radius 1 is 1.12 bits per heavy atom. The number of aromatic amines is 1. The van der Waals surface area contributed by atoms with Gasteiger partial charge in [-0.3, -0.25) is 4.79 Å². The van der Waals surface area contributed by atoms with Gasteiger partial charge in [-0.15, -0.1) is 0 Å². The lowest BCUT2D eigenvalue weighted by atomic mass is 9.92. The molecule has 0 unspecified atom stereocenters. The lowest BCUT2D eigenvalue weighted by Gasteiger charge is -2.27. The number of likely N-dealkylation sites (N-methyl/N-ethyl adjacent to an activating group) is 1. The van der Waals surface area contributed by atoms with E-state index in [0.29, 0.717) is 41.2 Å². The number of nitrogens with zero attached hydrogens (tertiary/aromatic N) is 2. The van der Waals surface area contributed by atoms with Crippen LogP contribution in [0.3, 0.4) is 0 Å². The van der Waals surface area contributed by atoms with E-state index >= 15 is 0 Å². The second kappa shape index (κ2) is 10.0. The van der Waals surface area contributed by atoms with Crippen molar-refractivity contribution in [2.24, 2.45) is 5.41 Å². The predicted molar refractivity (Wildman–Crippen MR) is 141 cm³/mol. The summed E-state index contributed by atoms with van der Waals surface area (Å²) in [5.41, 5.74) is 2.95. The Kier molecular flexibility index (Phi) is 7.70. The second-order valence-electron chi connectivity index (χ2n) is 10.5. The second-order valence-corrected chi connectivity index (χ2v) is 11.3. The average molecular weight is 506 g/mol. The summed E-state index contributed by atoms with van der Waals surface area (Å²) < 4.78 is 0. The molecule has 7 nitrogen and oxygen atoms in total. The van der Waals surface area contributed by atoms with Crippen LogP contribution in [-0.4, -0.2) is 40.2 Å². The summed E-state index contributed by atoms with van der Waals surface area (Å²) >= 11 is 12.9. The lowest BCUT2D eigenvalue weighted by Crippen LogP contribution is -2.36.